The van der Waals surface area contributed by atoms with E-state index in [-0.39, 0.29) is 0 Å². The molecule has 0 amide bonds. The van der Waals surface area contributed by atoms with Crippen LogP contribution in [0.15, 0.2) is 66.7 Å². The van der Waals surface area contributed by atoms with E-state index < -0.39 is 0 Å². The molecule has 5 rings (SSSR count). The van der Waals surface area contributed by atoms with Crippen molar-refractivity contribution in [1.82, 2.24) is 0 Å². The summed E-state index contributed by atoms with van der Waals surface area (Å²) in [5, 5.41) is 2.40. The van der Waals surface area contributed by atoms with Crippen molar-refractivity contribution in [1.29, 1.82) is 0 Å². The molecule has 0 atom stereocenters. The second-order valence-electron chi connectivity index (χ2n) is 6.94. The summed E-state index contributed by atoms with van der Waals surface area (Å²) in [6, 6.07) is 23.3. The van der Waals surface area contributed by atoms with Gasteiger partial charge in [-0.2, -0.15) is 0 Å². The van der Waals surface area contributed by atoms with Gasteiger partial charge in [-0.25, -0.2) is 0 Å². The highest BCUT2D eigenvalue weighted by Crippen LogP contribution is 2.51. The molecule has 1 aliphatic heterocycles. The lowest BCUT2D eigenvalue weighted by atomic mass is 10.0. The Balaban J connectivity index is 1.65. The summed E-state index contributed by atoms with van der Waals surface area (Å²) < 4.78 is 12.2. The van der Waals surface area contributed by atoms with Crippen molar-refractivity contribution in [2.24, 2.45) is 5.73 Å². The molecular weight excluding hydrogens is 366 g/mol. The molecule has 0 bridgehead atoms. The van der Waals surface area contributed by atoms with Gasteiger partial charge in [0.1, 0.15) is 11.5 Å². The number of benzene rings is 3. The van der Waals surface area contributed by atoms with E-state index in [1.807, 2.05) is 12.1 Å². The first-order chi connectivity index (χ1) is 13.8. The van der Waals surface area contributed by atoms with Crippen molar-refractivity contribution in [2.75, 3.05) is 13.2 Å². The number of thiophene rings is 1. The van der Waals surface area contributed by atoms with Crippen molar-refractivity contribution in [2.45, 2.75) is 13.0 Å². The van der Waals surface area contributed by atoms with Gasteiger partial charge in [-0.05, 0) is 48.0 Å². The van der Waals surface area contributed by atoms with Crippen LogP contribution >= 0.6 is 11.3 Å². The highest BCUT2D eigenvalue weighted by atomic mass is 32.1. The Morgan fingerprint density at radius 3 is 2.46 bits per heavy atom. The zero-order valence-corrected chi connectivity index (χ0v) is 16.3. The number of rotatable bonds is 5. The fourth-order valence-electron chi connectivity index (χ4n) is 3.65. The first kappa shape index (κ1) is 17.4. The predicted octanol–water partition coefficient (Wildman–Crippen LogP) is 6.21. The zero-order valence-electron chi connectivity index (χ0n) is 15.5. The predicted molar refractivity (Wildman–Crippen MR) is 116 cm³/mol. The molecule has 0 saturated heterocycles. The molecule has 4 aromatic rings. The van der Waals surface area contributed by atoms with Crippen LogP contribution in [-0.4, -0.2) is 13.2 Å². The van der Waals surface area contributed by atoms with Crippen LogP contribution < -0.4 is 10.5 Å². The van der Waals surface area contributed by atoms with Crippen molar-refractivity contribution >= 4 is 22.1 Å². The van der Waals surface area contributed by atoms with Crippen LogP contribution in [0, 0.1) is 0 Å². The fraction of sp³-hybridized carbons (Fsp3) is 0.167. The molecule has 28 heavy (non-hydrogen) atoms. The van der Waals surface area contributed by atoms with Gasteiger partial charge in [0.05, 0.1) is 6.61 Å². The van der Waals surface area contributed by atoms with E-state index in [0.29, 0.717) is 19.8 Å². The minimum atomic E-state index is 0.615. The molecule has 4 heteroatoms. The maximum atomic E-state index is 6.37. The molecule has 1 aromatic heterocycles. The van der Waals surface area contributed by atoms with Gasteiger partial charge in [0.25, 0.3) is 0 Å². The Morgan fingerprint density at radius 1 is 0.821 bits per heavy atom. The quantitative estimate of drug-likeness (QED) is 0.365. The third kappa shape index (κ3) is 3.10. The van der Waals surface area contributed by atoms with E-state index in [1.165, 1.54) is 26.1 Å². The third-order valence-corrected chi connectivity index (χ3v) is 6.15. The molecule has 0 fully saturated rings. The van der Waals surface area contributed by atoms with Gasteiger partial charge in [0, 0.05) is 33.1 Å². The monoisotopic (exact) mass is 387 g/mol. The summed E-state index contributed by atoms with van der Waals surface area (Å²) in [6.45, 7) is 1.97. The van der Waals surface area contributed by atoms with Crippen LogP contribution in [0.5, 0.6) is 11.5 Å². The topological polar surface area (TPSA) is 44.5 Å². The van der Waals surface area contributed by atoms with Crippen molar-refractivity contribution in [3.05, 3.63) is 71.6 Å². The summed E-state index contributed by atoms with van der Waals surface area (Å²) >= 11 is 1.79. The van der Waals surface area contributed by atoms with Crippen LogP contribution in [0.3, 0.4) is 0 Å². The van der Waals surface area contributed by atoms with Gasteiger partial charge in [-0.1, -0.05) is 42.5 Å². The van der Waals surface area contributed by atoms with Crippen molar-refractivity contribution in [3.8, 4) is 33.1 Å². The number of fused-ring (bicyclic) bond motifs is 6. The number of para-hydroxylation sites is 1. The highest BCUT2D eigenvalue weighted by molar-refractivity contribution is 7.16. The van der Waals surface area contributed by atoms with Crippen molar-refractivity contribution < 1.29 is 9.47 Å². The summed E-state index contributed by atoms with van der Waals surface area (Å²) in [5.41, 5.74) is 9.05. The second kappa shape index (κ2) is 7.40. The van der Waals surface area contributed by atoms with Crippen LogP contribution in [0.2, 0.25) is 0 Å². The summed E-state index contributed by atoms with van der Waals surface area (Å²) in [7, 11) is 0. The molecule has 0 radical (unpaired) electrons. The molecule has 3 aromatic carbocycles. The first-order valence-electron chi connectivity index (χ1n) is 9.54. The lowest BCUT2D eigenvalue weighted by Gasteiger charge is -2.10. The van der Waals surface area contributed by atoms with Crippen molar-refractivity contribution in [3.63, 3.8) is 0 Å². The SMILES string of the molecule is NCCCOCc1cc2c(s1)-c1cc3ccccc3cc1Oc1ccccc1-2. The van der Waals surface area contributed by atoms with Gasteiger partial charge >= 0.3 is 0 Å². The molecule has 0 spiro atoms. The molecule has 1 aliphatic rings. The van der Waals surface area contributed by atoms with E-state index in [9.17, 15) is 0 Å². The smallest absolute Gasteiger partial charge is 0.136 e. The zero-order chi connectivity index (χ0) is 18.9. The lowest BCUT2D eigenvalue weighted by molar-refractivity contribution is 0.122. The largest absolute Gasteiger partial charge is 0.456 e. The second-order valence-corrected chi connectivity index (χ2v) is 8.08. The van der Waals surface area contributed by atoms with E-state index in [4.69, 9.17) is 15.2 Å². The Bertz CT molecular complexity index is 1150. The number of hydrogen-bond donors (Lipinski definition) is 1. The van der Waals surface area contributed by atoms with Crippen LogP contribution in [-0.2, 0) is 11.3 Å². The Labute approximate surface area is 168 Å². The Morgan fingerprint density at radius 2 is 1.61 bits per heavy atom. The average molecular weight is 388 g/mol. The minimum Gasteiger partial charge on any atom is -0.456 e. The van der Waals surface area contributed by atoms with E-state index in [2.05, 4.69) is 54.6 Å². The highest BCUT2D eigenvalue weighted by Gasteiger charge is 2.23. The van der Waals surface area contributed by atoms with Gasteiger partial charge in [0.15, 0.2) is 0 Å². The molecule has 2 N–H and O–H groups in total. The third-order valence-electron chi connectivity index (χ3n) is 5.01. The van der Waals surface area contributed by atoms with Crippen LogP contribution in [0.1, 0.15) is 11.3 Å². The van der Waals surface area contributed by atoms with Crippen LogP contribution in [0.25, 0.3) is 32.3 Å². The maximum absolute atomic E-state index is 6.37. The van der Waals surface area contributed by atoms with Gasteiger partial charge in [-0.3, -0.25) is 0 Å². The lowest BCUT2D eigenvalue weighted by Crippen LogP contribution is -2.03. The normalized spacial score (nSPS) is 12.0. The van der Waals surface area contributed by atoms with Gasteiger partial charge < -0.3 is 15.2 Å². The molecule has 140 valence electrons. The molecule has 3 nitrogen and oxygen atoms in total. The summed E-state index contributed by atoms with van der Waals surface area (Å²) in [4.78, 5) is 2.46. The molecule has 0 unspecified atom stereocenters. The maximum Gasteiger partial charge on any atom is 0.136 e. The molecular formula is C24H21NO2S. The Hall–Kier alpha value is -2.66. The van der Waals surface area contributed by atoms with E-state index in [0.717, 1.165) is 29.0 Å². The first-order valence-corrected chi connectivity index (χ1v) is 10.4. The fourth-order valence-corrected chi connectivity index (χ4v) is 4.78. The standard InChI is InChI=1S/C24H21NO2S/c25-10-5-11-26-15-18-14-20-19-8-3-4-9-22(19)27-23-13-17-7-2-1-6-16(17)12-21(23)24(20)28-18/h1-4,6-9,12-14H,5,10-11,15,25H2. The van der Waals surface area contributed by atoms with E-state index >= 15 is 0 Å². The summed E-state index contributed by atoms with van der Waals surface area (Å²) in [5.74, 6) is 1.80. The Kier molecular flexibility index (Phi) is 4.61. The minimum absolute atomic E-state index is 0.615. The van der Waals surface area contributed by atoms with E-state index in [1.54, 1.807) is 11.3 Å². The van der Waals surface area contributed by atoms with Gasteiger partial charge in [-0.15, -0.1) is 11.3 Å². The molecule has 2 heterocycles. The number of nitrogens with two attached hydrogens (primary N) is 1. The molecule has 0 saturated carbocycles. The van der Waals surface area contributed by atoms with Gasteiger partial charge in [0.2, 0.25) is 0 Å². The number of ether oxygens (including phenoxy) is 2. The van der Waals surface area contributed by atoms with Crippen LogP contribution in [0.4, 0.5) is 0 Å². The average Bonchev–Trinajstić information content (AvgIpc) is 3.10. The summed E-state index contributed by atoms with van der Waals surface area (Å²) in [6.07, 6.45) is 0.886. The molecule has 0 aliphatic carbocycles. The number of hydrogen-bond acceptors (Lipinski definition) is 4.